The van der Waals surface area contributed by atoms with Gasteiger partial charge in [-0.15, -0.1) is 0 Å². The number of carbonyl (C=O) groups is 1. The molecule has 0 radical (unpaired) electrons. The minimum atomic E-state index is 0.0456. The number of hydrogen-bond donors (Lipinski definition) is 3. The van der Waals surface area contributed by atoms with Gasteiger partial charge >= 0.3 is 0 Å². The number of carbonyl (C=O) groups excluding carboxylic acids is 1. The second-order valence-corrected chi connectivity index (χ2v) is 4.20. The Morgan fingerprint density at radius 1 is 1.41 bits per heavy atom. The van der Waals surface area contributed by atoms with Crippen LogP contribution >= 0.6 is 0 Å². The van der Waals surface area contributed by atoms with Crippen LogP contribution in [-0.2, 0) is 4.79 Å². The van der Waals surface area contributed by atoms with E-state index in [-0.39, 0.29) is 11.8 Å². The number of pyridine rings is 1. The van der Waals surface area contributed by atoms with Gasteiger partial charge in [0, 0.05) is 19.0 Å². The Morgan fingerprint density at radius 3 is 2.76 bits per heavy atom. The second kappa shape index (κ2) is 6.73. The van der Waals surface area contributed by atoms with Crippen molar-refractivity contribution in [3.63, 3.8) is 0 Å². The molecule has 0 atom stereocenters. The van der Waals surface area contributed by atoms with Crippen molar-refractivity contribution in [1.82, 2.24) is 10.3 Å². The number of nitrogens with one attached hydrogen (secondary N) is 2. The van der Waals surface area contributed by atoms with Crippen LogP contribution in [0.25, 0.3) is 0 Å². The van der Waals surface area contributed by atoms with Gasteiger partial charge in [0.2, 0.25) is 5.91 Å². The summed E-state index contributed by atoms with van der Waals surface area (Å²) in [6.07, 6.45) is 2.57. The van der Waals surface area contributed by atoms with Crippen molar-refractivity contribution in [3.8, 4) is 0 Å². The van der Waals surface area contributed by atoms with Crippen LogP contribution in [0.15, 0.2) is 18.3 Å². The summed E-state index contributed by atoms with van der Waals surface area (Å²) < 4.78 is 0. The summed E-state index contributed by atoms with van der Waals surface area (Å²) in [5, 5.41) is 6.07. The Morgan fingerprint density at radius 2 is 2.18 bits per heavy atom. The smallest absolute Gasteiger partial charge is 0.222 e. The molecule has 0 spiro atoms. The number of nitrogens with two attached hydrogens (primary N) is 1. The Labute approximate surface area is 102 Å². The third kappa shape index (κ3) is 5.19. The standard InChI is InChI=1S/C12H20N4O/c1-9(2)12(17)15-7-3-6-14-10-4-5-11(13)16-8-10/h4-5,8-9,14H,3,6-7H2,1-2H3,(H2,13,16)(H,15,17). The van der Waals surface area contributed by atoms with Gasteiger partial charge in [-0.2, -0.15) is 0 Å². The molecule has 1 aromatic heterocycles. The molecule has 5 heteroatoms. The monoisotopic (exact) mass is 236 g/mol. The van der Waals surface area contributed by atoms with Crippen LogP contribution < -0.4 is 16.4 Å². The van der Waals surface area contributed by atoms with Crippen molar-refractivity contribution in [2.24, 2.45) is 5.92 Å². The van der Waals surface area contributed by atoms with Crippen LogP contribution in [-0.4, -0.2) is 24.0 Å². The quantitative estimate of drug-likeness (QED) is 0.649. The third-order valence-corrected chi connectivity index (χ3v) is 2.29. The van der Waals surface area contributed by atoms with Gasteiger partial charge in [0.15, 0.2) is 0 Å². The van der Waals surface area contributed by atoms with Gasteiger partial charge in [0.25, 0.3) is 0 Å². The maximum Gasteiger partial charge on any atom is 0.222 e. The fraction of sp³-hybridized carbons (Fsp3) is 0.500. The summed E-state index contributed by atoms with van der Waals surface area (Å²) in [5.74, 6) is 0.656. The first-order chi connectivity index (χ1) is 8.09. The molecule has 0 bridgehead atoms. The van der Waals surface area contributed by atoms with E-state index in [0.29, 0.717) is 12.4 Å². The number of nitrogen functional groups attached to an aromatic ring is 1. The van der Waals surface area contributed by atoms with Crippen molar-refractivity contribution >= 4 is 17.4 Å². The summed E-state index contributed by atoms with van der Waals surface area (Å²) in [6, 6.07) is 3.64. The minimum Gasteiger partial charge on any atom is -0.384 e. The Kier molecular flexibility index (Phi) is 5.26. The molecule has 94 valence electrons. The topological polar surface area (TPSA) is 80.0 Å². The van der Waals surface area contributed by atoms with E-state index in [0.717, 1.165) is 18.7 Å². The molecule has 5 nitrogen and oxygen atoms in total. The molecule has 0 unspecified atom stereocenters. The highest BCUT2D eigenvalue weighted by Gasteiger charge is 2.04. The Hall–Kier alpha value is -1.78. The summed E-state index contributed by atoms with van der Waals surface area (Å²) >= 11 is 0. The lowest BCUT2D eigenvalue weighted by Crippen LogP contribution is -2.29. The summed E-state index contributed by atoms with van der Waals surface area (Å²) in [7, 11) is 0. The maximum atomic E-state index is 11.3. The number of rotatable bonds is 6. The zero-order chi connectivity index (χ0) is 12.7. The zero-order valence-corrected chi connectivity index (χ0v) is 10.4. The second-order valence-electron chi connectivity index (χ2n) is 4.20. The Bertz CT molecular complexity index is 348. The fourth-order valence-corrected chi connectivity index (χ4v) is 1.25. The number of hydrogen-bond acceptors (Lipinski definition) is 4. The van der Waals surface area contributed by atoms with E-state index in [1.807, 2.05) is 19.9 Å². The molecule has 1 heterocycles. The van der Waals surface area contributed by atoms with Crippen LogP contribution in [0.3, 0.4) is 0 Å². The molecule has 17 heavy (non-hydrogen) atoms. The van der Waals surface area contributed by atoms with E-state index in [1.165, 1.54) is 0 Å². The van der Waals surface area contributed by atoms with Gasteiger partial charge in [0.1, 0.15) is 5.82 Å². The lowest BCUT2D eigenvalue weighted by molar-refractivity contribution is -0.123. The molecule has 0 aromatic carbocycles. The van der Waals surface area contributed by atoms with Gasteiger partial charge in [-0.3, -0.25) is 4.79 Å². The maximum absolute atomic E-state index is 11.3. The molecule has 4 N–H and O–H groups in total. The van der Waals surface area contributed by atoms with E-state index in [2.05, 4.69) is 15.6 Å². The molecular formula is C12H20N4O. The van der Waals surface area contributed by atoms with Crippen molar-refractivity contribution in [2.45, 2.75) is 20.3 Å². The molecule has 1 aromatic rings. The lowest BCUT2D eigenvalue weighted by atomic mass is 10.2. The van der Waals surface area contributed by atoms with Crippen LogP contribution in [0.4, 0.5) is 11.5 Å². The highest BCUT2D eigenvalue weighted by Crippen LogP contribution is 2.06. The molecule has 1 rings (SSSR count). The van der Waals surface area contributed by atoms with Crippen molar-refractivity contribution in [3.05, 3.63) is 18.3 Å². The van der Waals surface area contributed by atoms with E-state index >= 15 is 0 Å². The van der Waals surface area contributed by atoms with Gasteiger partial charge in [-0.25, -0.2) is 4.98 Å². The fourth-order valence-electron chi connectivity index (χ4n) is 1.25. The number of nitrogens with zero attached hydrogens (tertiary/aromatic N) is 1. The van der Waals surface area contributed by atoms with Crippen molar-refractivity contribution < 1.29 is 4.79 Å². The first-order valence-electron chi connectivity index (χ1n) is 5.82. The summed E-state index contributed by atoms with van der Waals surface area (Å²) in [6.45, 7) is 5.25. The number of aromatic nitrogens is 1. The minimum absolute atomic E-state index is 0.0456. The average Bonchev–Trinajstić information content (AvgIpc) is 2.30. The third-order valence-electron chi connectivity index (χ3n) is 2.29. The van der Waals surface area contributed by atoms with E-state index < -0.39 is 0 Å². The molecule has 0 aliphatic carbocycles. The van der Waals surface area contributed by atoms with Gasteiger partial charge in [-0.05, 0) is 18.6 Å². The first kappa shape index (κ1) is 13.3. The van der Waals surface area contributed by atoms with Crippen LogP contribution in [0.1, 0.15) is 20.3 Å². The number of anilines is 2. The molecule has 1 amide bonds. The van der Waals surface area contributed by atoms with E-state index in [1.54, 1.807) is 12.3 Å². The summed E-state index contributed by atoms with van der Waals surface area (Å²) in [4.78, 5) is 15.2. The summed E-state index contributed by atoms with van der Waals surface area (Å²) in [5.41, 5.74) is 6.42. The van der Waals surface area contributed by atoms with E-state index in [4.69, 9.17) is 5.73 Å². The highest BCUT2D eigenvalue weighted by atomic mass is 16.1. The van der Waals surface area contributed by atoms with Gasteiger partial charge in [0.05, 0.1) is 11.9 Å². The van der Waals surface area contributed by atoms with E-state index in [9.17, 15) is 4.79 Å². The molecule has 0 aliphatic rings. The largest absolute Gasteiger partial charge is 0.384 e. The van der Waals surface area contributed by atoms with Crippen LogP contribution in [0.5, 0.6) is 0 Å². The predicted molar refractivity (Wildman–Crippen MR) is 69.6 cm³/mol. The normalized spacial score (nSPS) is 10.3. The van der Waals surface area contributed by atoms with Gasteiger partial charge in [-0.1, -0.05) is 13.8 Å². The lowest BCUT2D eigenvalue weighted by Gasteiger charge is -2.08. The van der Waals surface area contributed by atoms with Gasteiger partial charge < -0.3 is 16.4 Å². The van der Waals surface area contributed by atoms with Crippen LogP contribution in [0.2, 0.25) is 0 Å². The highest BCUT2D eigenvalue weighted by molar-refractivity contribution is 5.77. The van der Waals surface area contributed by atoms with Crippen molar-refractivity contribution in [2.75, 3.05) is 24.1 Å². The number of amides is 1. The molecule has 0 saturated heterocycles. The molecular weight excluding hydrogens is 216 g/mol. The Balaban J connectivity index is 2.12. The first-order valence-corrected chi connectivity index (χ1v) is 5.82. The SMILES string of the molecule is CC(C)C(=O)NCCCNc1ccc(N)nc1. The zero-order valence-electron chi connectivity index (χ0n) is 10.4. The predicted octanol–water partition coefficient (Wildman–Crippen LogP) is 1.24. The van der Waals surface area contributed by atoms with Crippen LogP contribution in [0, 0.1) is 5.92 Å². The average molecular weight is 236 g/mol. The molecule has 0 aliphatic heterocycles. The van der Waals surface area contributed by atoms with Crippen molar-refractivity contribution in [1.29, 1.82) is 0 Å². The molecule has 0 saturated carbocycles. The molecule has 0 fully saturated rings.